The van der Waals surface area contributed by atoms with Gasteiger partial charge in [-0.1, -0.05) is 0 Å². The highest BCUT2D eigenvalue weighted by atomic mass is 16.6. The summed E-state index contributed by atoms with van der Waals surface area (Å²) in [6.07, 6.45) is -0.0596. The van der Waals surface area contributed by atoms with E-state index < -0.39 is 5.60 Å². The van der Waals surface area contributed by atoms with Crippen LogP contribution in [-0.4, -0.2) is 55.5 Å². The van der Waals surface area contributed by atoms with Crippen molar-refractivity contribution in [1.82, 2.24) is 10.2 Å². The van der Waals surface area contributed by atoms with Crippen molar-refractivity contribution in [1.29, 1.82) is 0 Å². The monoisotopic (exact) mass is 242 g/mol. The third-order valence-electron chi connectivity index (χ3n) is 3.08. The van der Waals surface area contributed by atoms with Crippen molar-refractivity contribution < 1.29 is 14.3 Å². The Morgan fingerprint density at radius 2 is 2.12 bits per heavy atom. The lowest BCUT2D eigenvalue weighted by molar-refractivity contribution is -0.0719. The quantitative estimate of drug-likeness (QED) is 0.740. The SMILES string of the molecule is CC(C)(C)OC(=O)N1CCOC(C2CNC2)C1. The lowest BCUT2D eigenvalue weighted by atomic mass is 9.95. The number of carbonyl (C=O) groups excluding carboxylic acids is 1. The molecule has 1 amide bonds. The van der Waals surface area contributed by atoms with Crippen LogP contribution in [0.25, 0.3) is 0 Å². The van der Waals surface area contributed by atoms with Crippen LogP contribution in [-0.2, 0) is 9.47 Å². The van der Waals surface area contributed by atoms with Gasteiger partial charge in [-0.15, -0.1) is 0 Å². The molecule has 1 unspecified atom stereocenters. The molecule has 0 bridgehead atoms. The normalized spacial score (nSPS) is 26.5. The largest absolute Gasteiger partial charge is 0.444 e. The van der Waals surface area contributed by atoms with Gasteiger partial charge in [0.1, 0.15) is 5.60 Å². The third kappa shape index (κ3) is 3.33. The van der Waals surface area contributed by atoms with Crippen LogP contribution >= 0.6 is 0 Å². The lowest BCUT2D eigenvalue weighted by Crippen LogP contribution is -2.57. The van der Waals surface area contributed by atoms with Crippen LogP contribution in [0.15, 0.2) is 0 Å². The van der Waals surface area contributed by atoms with Crippen molar-refractivity contribution in [2.24, 2.45) is 5.92 Å². The Balaban J connectivity index is 1.85. The van der Waals surface area contributed by atoms with Crippen LogP contribution in [0.5, 0.6) is 0 Å². The number of carbonyl (C=O) groups is 1. The van der Waals surface area contributed by atoms with E-state index >= 15 is 0 Å². The van der Waals surface area contributed by atoms with Gasteiger partial charge in [-0.05, 0) is 20.8 Å². The van der Waals surface area contributed by atoms with Crippen LogP contribution in [0.1, 0.15) is 20.8 Å². The molecule has 5 heteroatoms. The minimum absolute atomic E-state index is 0.164. The van der Waals surface area contributed by atoms with Crippen molar-refractivity contribution in [3.05, 3.63) is 0 Å². The molecule has 2 heterocycles. The molecule has 1 N–H and O–H groups in total. The van der Waals surface area contributed by atoms with Gasteiger partial charge in [0, 0.05) is 25.6 Å². The molecule has 0 aliphatic carbocycles. The molecule has 0 radical (unpaired) electrons. The second-order valence-corrected chi connectivity index (χ2v) is 5.75. The summed E-state index contributed by atoms with van der Waals surface area (Å²) in [7, 11) is 0. The maximum absolute atomic E-state index is 11.9. The molecule has 2 fully saturated rings. The first-order valence-electron chi connectivity index (χ1n) is 6.26. The first-order chi connectivity index (χ1) is 7.96. The van der Waals surface area contributed by atoms with Crippen LogP contribution in [0.2, 0.25) is 0 Å². The average molecular weight is 242 g/mol. The Kier molecular flexibility index (Phi) is 3.58. The highest BCUT2D eigenvalue weighted by molar-refractivity contribution is 5.68. The van der Waals surface area contributed by atoms with Gasteiger partial charge in [0.25, 0.3) is 0 Å². The van der Waals surface area contributed by atoms with Gasteiger partial charge in [0.15, 0.2) is 0 Å². The number of hydrogen-bond acceptors (Lipinski definition) is 4. The molecular weight excluding hydrogens is 220 g/mol. The van der Waals surface area contributed by atoms with Crippen molar-refractivity contribution in [3.63, 3.8) is 0 Å². The van der Waals surface area contributed by atoms with Gasteiger partial charge in [-0.2, -0.15) is 0 Å². The molecule has 0 aromatic carbocycles. The zero-order chi connectivity index (χ0) is 12.5. The van der Waals surface area contributed by atoms with Crippen molar-refractivity contribution in [2.45, 2.75) is 32.5 Å². The second kappa shape index (κ2) is 4.82. The van der Waals surface area contributed by atoms with E-state index in [2.05, 4.69) is 5.32 Å². The molecule has 98 valence electrons. The molecule has 5 nitrogen and oxygen atoms in total. The summed E-state index contributed by atoms with van der Waals surface area (Å²) in [4.78, 5) is 13.7. The average Bonchev–Trinajstić information content (AvgIpc) is 2.12. The maximum Gasteiger partial charge on any atom is 0.410 e. The molecule has 2 aliphatic rings. The first kappa shape index (κ1) is 12.6. The molecular formula is C12H22N2O3. The fourth-order valence-corrected chi connectivity index (χ4v) is 2.03. The van der Waals surface area contributed by atoms with E-state index in [9.17, 15) is 4.79 Å². The summed E-state index contributed by atoms with van der Waals surface area (Å²) >= 11 is 0. The highest BCUT2D eigenvalue weighted by Crippen LogP contribution is 2.19. The number of morpholine rings is 1. The Bertz CT molecular complexity index is 284. The van der Waals surface area contributed by atoms with Crippen molar-refractivity contribution >= 4 is 6.09 Å². The van der Waals surface area contributed by atoms with Crippen LogP contribution in [0.4, 0.5) is 4.79 Å². The van der Waals surface area contributed by atoms with E-state index in [1.807, 2.05) is 20.8 Å². The summed E-state index contributed by atoms with van der Waals surface area (Å²) in [5, 5.41) is 3.23. The molecule has 2 rings (SSSR count). The van der Waals surface area contributed by atoms with Gasteiger partial charge in [0.2, 0.25) is 0 Å². The van der Waals surface area contributed by atoms with E-state index in [1.54, 1.807) is 4.90 Å². The molecule has 2 aliphatic heterocycles. The zero-order valence-electron chi connectivity index (χ0n) is 10.9. The number of nitrogens with one attached hydrogen (secondary N) is 1. The first-order valence-corrected chi connectivity index (χ1v) is 6.26. The Labute approximate surface area is 102 Å². The lowest BCUT2D eigenvalue weighted by Gasteiger charge is -2.41. The van der Waals surface area contributed by atoms with Gasteiger partial charge >= 0.3 is 6.09 Å². The summed E-state index contributed by atoms with van der Waals surface area (Å²) in [5.41, 5.74) is -0.428. The van der Waals surface area contributed by atoms with Gasteiger partial charge in [0.05, 0.1) is 19.3 Å². The maximum atomic E-state index is 11.9. The second-order valence-electron chi connectivity index (χ2n) is 5.75. The van der Waals surface area contributed by atoms with Crippen LogP contribution in [0.3, 0.4) is 0 Å². The summed E-state index contributed by atoms with van der Waals surface area (Å²) in [5.74, 6) is 0.542. The summed E-state index contributed by atoms with van der Waals surface area (Å²) < 4.78 is 11.1. The van der Waals surface area contributed by atoms with E-state index in [0.29, 0.717) is 25.6 Å². The van der Waals surface area contributed by atoms with E-state index in [1.165, 1.54) is 0 Å². The molecule has 0 aromatic heterocycles. The Morgan fingerprint density at radius 1 is 1.41 bits per heavy atom. The fraction of sp³-hybridized carbons (Fsp3) is 0.917. The summed E-state index contributed by atoms with van der Waals surface area (Å²) in [6, 6.07) is 0. The standard InChI is InChI=1S/C12H22N2O3/c1-12(2,3)17-11(15)14-4-5-16-10(8-14)9-6-13-7-9/h9-10,13H,4-8H2,1-3H3. The van der Waals surface area contributed by atoms with Gasteiger partial charge in [-0.3, -0.25) is 0 Å². The molecule has 2 saturated heterocycles. The topological polar surface area (TPSA) is 50.8 Å². The minimum Gasteiger partial charge on any atom is -0.444 e. The predicted octanol–water partition coefficient (Wildman–Crippen LogP) is 0.842. The number of amides is 1. The van der Waals surface area contributed by atoms with Crippen molar-refractivity contribution in [2.75, 3.05) is 32.8 Å². The smallest absolute Gasteiger partial charge is 0.410 e. The number of ether oxygens (including phenoxy) is 2. The van der Waals surface area contributed by atoms with Gasteiger partial charge in [-0.25, -0.2) is 4.79 Å². The molecule has 0 spiro atoms. The number of nitrogens with zero attached hydrogens (tertiary/aromatic N) is 1. The van der Waals surface area contributed by atoms with E-state index in [4.69, 9.17) is 9.47 Å². The fourth-order valence-electron chi connectivity index (χ4n) is 2.03. The highest BCUT2D eigenvalue weighted by Gasteiger charge is 2.34. The predicted molar refractivity (Wildman–Crippen MR) is 63.9 cm³/mol. The zero-order valence-corrected chi connectivity index (χ0v) is 10.9. The number of hydrogen-bond donors (Lipinski definition) is 1. The molecule has 0 aromatic rings. The Hall–Kier alpha value is -0.810. The van der Waals surface area contributed by atoms with E-state index in [-0.39, 0.29) is 12.2 Å². The third-order valence-corrected chi connectivity index (χ3v) is 3.08. The molecule has 1 atom stereocenters. The molecule has 0 saturated carbocycles. The number of rotatable bonds is 1. The minimum atomic E-state index is -0.428. The Morgan fingerprint density at radius 3 is 2.65 bits per heavy atom. The van der Waals surface area contributed by atoms with Crippen LogP contribution < -0.4 is 5.32 Å². The van der Waals surface area contributed by atoms with Crippen molar-refractivity contribution in [3.8, 4) is 0 Å². The van der Waals surface area contributed by atoms with Gasteiger partial charge < -0.3 is 19.7 Å². The molecule has 17 heavy (non-hydrogen) atoms. The van der Waals surface area contributed by atoms with Crippen LogP contribution in [0, 0.1) is 5.92 Å². The van der Waals surface area contributed by atoms with E-state index in [0.717, 1.165) is 13.1 Å². The summed E-state index contributed by atoms with van der Waals surface area (Å²) in [6.45, 7) is 9.54.